The minimum Gasteiger partial charge on any atom is -0.396 e. The Morgan fingerprint density at radius 1 is 1.42 bits per heavy atom. The highest BCUT2D eigenvalue weighted by atomic mass is 16.3. The molecule has 2 rings (SSSR count). The zero-order valence-corrected chi connectivity index (χ0v) is 12.3. The van der Waals surface area contributed by atoms with Gasteiger partial charge in [-0.1, -0.05) is 13.8 Å². The van der Waals surface area contributed by atoms with Gasteiger partial charge >= 0.3 is 0 Å². The summed E-state index contributed by atoms with van der Waals surface area (Å²) in [4.78, 5) is 2.34. The maximum atomic E-state index is 9.23. The van der Waals surface area contributed by atoms with E-state index in [-0.39, 0.29) is 6.61 Å². The Hall–Kier alpha value is -1.23. The van der Waals surface area contributed by atoms with Gasteiger partial charge in [-0.05, 0) is 31.6 Å². The third kappa shape index (κ3) is 2.71. The number of rotatable bonds is 4. The van der Waals surface area contributed by atoms with E-state index < -0.39 is 0 Å². The summed E-state index contributed by atoms with van der Waals surface area (Å²) in [6.07, 6.45) is 4.35. The smallest absolute Gasteiger partial charge is 0.150 e. The Balaban J connectivity index is 2.33. The third-order valence-corrected chi connectivity index (χ3v) is 3.99. The summed E-state index contributed by atoms with van der Waals surface area (Å²) in [5.41, 5.74) is 8.09. The van der Waals surface area contributed by atoms with E-state index in [0.717, 1.165) is 36.6 Å². The molecule has 19 heavy (non-hydrogen) atoms. The van der Waals surface area contributed by atoms with Crippen molar-refractivity contribution in [2.45, 2.75) is 51.5 Å². The van der Waals surface area contributed by atoms with Gasteiger partial charge in [0.05, 0.1) is 11.4 Å². The summed E-state index contributed by atoms with van der Waals surface area (Å²) in [6.45, 7) is 5.47. The molecule has 1 unspecified atom stereocenters. The number of hydrogen-bond donors (Lipinski definition) is 2. The highest BCUT2D eigenvalue weighted by Gasteiger charge is 2.28. The van der Waals surface area contributed by atoms with E-state index in [0.29, 0.717) is 12.0 Å². The molecule has 1 fully saturated rings. The van der Waals surface area contributed by atoms with Gasteiger partial charge in [0, 0.05) is 26.2 Å². The molecule has 1 aliphatic heterocycles. The van der Waals surface area contributed by atoms with Crippen molar-refractivity contribution in [3.8, 4) is 0 Å². The van der Waals surface area contributed by atoms with Crippen LogP contribution in [0.2, 0.25) is 0 Å². The van der Waals surface area contributed by atoms with Crippen LogP contribution in [0, 0.1) is 0 Å². The first kappa shape index (κ1) is 14.2. The fraction of sp³-hybridized carbons (Fsp3) is 0.786. The predicted octanol–water partition coefficient (Wildman–Crippen LogP) is 1.87. The number of hydrogen-bond acceptors (Lipinski definition) is 4. The van der Waals surface area contributed by atoms with Crippen molar-refractivity contribution in [1.82, 2.24) is 9.78 Å². The van der Waals surface area contributed by atoms with Crippen molar-refractivity contribution in [2.24, 2.45) is 7.05 Å². The zero-order chi connectivity index (χ0) is 14.0. The van der Waals surface area contributed by atoms with Crippen molar-refractivity contribution in [2.75, 3.05) is 23.8 Å². The molecule has 0 saturated carbocycles. The van der Waals surface area contributed by atoms with E-state index in [1.165, 1.54) is 12.8 Å². The number of anilines is 2. The molecule has 3 N–H and O–H groups in total. The fourth-order valence-electron chi connectivity index (χ4n) is 3.05. The van der Waals surface area contributed by atoms with E-state index in [9.17, 15) is 5.11 Å². The van der Waals surface area contributed by atoms with Crippen LogP contribution >= 0.6 is 0 Å². The van der Waals surface area contributed by atoms with Crippen LogP contribution in [0.25, 0.3) is 0 Å². The lowest BCUT2D eigenvalue weighted by atomic mass is 9.99. The van der Waals surface area contributed by atoms with Gasteiger partial charge in [0.25, 0.3) is 0 Å². The quantitative estimate of drug-likeness (QED) is 0.873. The minimum atomic E-state index is 0.232. The van der Waals surface area contributed by atoms with E-state index in [1.54, 1.807) is 0 Å². The molecule has 1 atom stereocenters. The lowest BCUT2D eigenvalue weighted by Gasteiger charge is -2.37. The predicted molar refractivity (Wildman–Crippen MR) is 78.4 cm³/mol. The van der Waals surface area contributed by atoms with Crippen molar-refractivity contribution >= 4 is 11.5 Å². The normalized spacial score (nSPS) is 20.3. The first-order chi connectivity index (χ1) is 9.06. The maximum Gasteiger partial charge on any atom is 0.150 e. The van der Waals surface area contributed by atoms with E-state index in [2.05, 4.69) is 23.8 Å². The van der Waals surface area contributed by atoms with Gasteiger partial charge in [0.1, 0.15) is 0 Å². The molecule has 0 spiro atoms. The molecule has 2 heterocycles. The van der Waals surface area contributed by atoms with Crippen LogP contribution < -0.4 is 10.6 Å². The molecule has 1 aliphatic rings. The Morgan fingerprint density at radius 3 is 2.74 bits per heavy atom. The summed E-state index contributed by atoms with van der Waals surface area (Å²) in [5.74, 6) is 1.36. The fourth-order valence-corrected chi connectivity index (χ4v) is 3.05. The van der Waals surface area contributed by atoms with Crippen LogP contribution in [0.15, 0.2) is 0 Å². The van der Waals surface area contributed by atoms with Crippen molar-refractivity contribution in [3.05, 3.63) is 5.69 Å². The molecule has 5 heteroatoms. The Labute approximate surface area is 115 Å². The lowest BCUT2D eigenvalue weighted by Crippen LogP contribution is -2.41. The molecule has 0 aromatic carbocycles. The molecule has 0 radical (unpaired) electrons. The molecule has 0 amide bonds. The zero-order valence-electron chi connectivity index (χ0n) is 12.3. The van der Waals surface area contributed by atoms with Crippen molar-refractivity contribution in [3.63, 3.8) is 0 Å². The number of aryl methyl sites for hydroxylation is 1. The average Bonchev–Trinajstić information content (AvgIpc) is 2.66. The standard InChI is InChI=1S/C14H26N4O/c1-10(2)13-12(15)14(17(3)16-13)18-8-5-4-6-11(18)7-9-19/h10-11,19H,4-9,15H2,1-3H3. The summed E-state index contributed by atoms with van der Waals surface area (Å²) < 4.78 is 1.90. The van der Waals surface area contributed by atoms with Crippen LogP contribution in [0.5, 0.6) is 0 Å². The summed E-state index contributed by atoms with van der Waals surface area (Å²) in [5, 5.41) is 13.8. The molecule has 1 aromatic rings. The number of nitrogens with two attached hydrogens (primary N) is 1. The maximum absolute atomic E-state index is 9.23. The molecule has 1 aromatic heterocycles. The second-order valence-electron chi connectivity index (χ2n) is 5.76. The number of nitrogens with zero attached hydrogens (tertiary/aromatic N) is 3. The van der Waals surface area contributed by atoms with E-state index in [4.69, 9.17) is 5.73 Å². The Kier molecular flexibility index (Phi) is 4.34. The summed E-state index contributed by atoms with van der Waals surface area (Å²) >= 11 is 0. The number of aliphatic hydroxyl groups is 1. The number of aliphatic hydroxyl groups excluding tert-OH is 1. The van der Waals surface area contributed by atoms with Crippen molar-refractivity contribution in [1.29, 1.82) is 0 Å². The van der Waals surface area contributed by atoms with Gasteiger partial charge in [-0.25, -0.2) is 0 Å². The van der Waals surface area contributed by atoms with Gasteiger partial charge in [0.2, 0.25) is 0 Å². The first-order valence-corrected chi connectivity index (χ1v) is 7.26. The van der Waals surface area contributed by atoms with E-state index >= 15 is 0 Å². The Bertz CT molecular complexity index is 425. The van der Waals surface area contributed by atoms with Gasteiger partial charge < -0.3 is 15.7 Å². The molecular formula is C14H26N4O. The second-order valence-corrected chi connectivity index (χ2v) is 5.76. The third-order valence-electron chi connectivity index (χ3n) is 3.99. The molecule has 0 bridgehead atoms. The number of piperidine rings is 1. The summed E-state index contributed by atoms with van der Waals surface area (Å²) in [7, 11) is 1.96. The van der Waals surface area contributed by atoms with Gasteiger partial charge in [0.15, 0.2) is 5.82 Å². The minimum absolute atomic E-state index is 0.232. The van der Waals surface area contributed by atoms with Gasteiger partial charge in [-0.15, -0.1) is 0 Å². The molecule has 1 saturated heterocycles. The van der Waals surface area contributed by atoms with E-state index in [1.807, 2.05) is 11.7 Å². The van der Waals surface area contributed by atoms with Crippen LogP contribution in [0.1, 0.15) is 51.1 Å². The largest absolute Gasteiger partial charge is 0.396 e. The van der Waals surface area contributed by atoms with Gasteiger partial charge in [-0.2, -0.15) is 5.10 Å². The number of aromatic nitrogens is 2. The monoisotopic (exact) mass is 266 g/mol. The first-order valence-electron chi connectivity index (χ1n) is 7.26. The highest BCUT2D eigenvalue weighted by Crippen LogP contribution is 2.34. The number of nitrogen functional groups attached to an aromatic ring is 1. The molecule has 5 nitrogen and oxygen atoms in total. The highest BCUT2D eigenvalue weighted by molar-refractivity contribution is 5.67. The van der Waals surface area contributed by atoms with Gasteiger partial charge in [-0.3, -0.25) is 4.68 Å². The molecular weight excluding hydrogens is 240 g/mol. The Morgan fingerprint density at radius 2 is 2.16 bits per heavy atom. The topological polar surface area (TPSA) is 67.3 Å². The van der Waals surface area contributed by atoms with Crippen LogP contribution in [-0.4, -0.2) is 34.1 Å². The van der Waals surface area contributed by atoms with Crippen LogP contribution in [0.4, 0.5) is 11.5 Å². The molecule has 108 valence electrons. The lowest BCUT2D eigenvalue weighted by molar-refractivity contribution is 0.261. The average molecular weight is 266 g/mol. The van der Waals surface area contributed by atoms with Crippen LogP contribution in [0.3, 0.4) is 0 Å². The van der Waals surface area contributed by atoms with Crippen molar-refractivity contribution < 1.29 is 5.11 Å². The second kappa shape index (κ2) is 5.82. The SMILES string of the molecule is CC(C)c1nn(C)c(N2CCCCC2CCO)c1N. The summed E-state index contributed by atoms with van der Waals surface area (Å²) in [6, 6.07) is 0.386. The molecule has 0 aliphatic carbocycles. The van der Waals surface area contributed by atoms with Crippen LogP contribution in [-0.2, 0) is 7.05 Å².